The second-order valence-corrected chi connectivity index (χ2v) is 4.17. The fourth-order valence-corrected chi connectivity index (χ4v) is 1.43. The third-order valence-electron chi connectivity index (χ3n) is 2.63. The van der Waals surface area contributed by atoms with E-state index in [2.05, 4.69) is 5.32 Å². The minimum Gasteiger partial charge on any atom is -0.481 e. The number of carboxylic acid groups (broad SMARTS) is 1. The van der Waals surface area contributed by atoms with E-state index in [1.165, 1.54) is 7.05 Å². The van der Waals surface area contributed by atoms with Gasteiger partial charge in [-0.2, -0.15) is 0 Å². The van der Waals surface area contributed by atoms with E-state index >= 15 is 0 Å². The molecular formula is C12H12F4N2O3. The second-order valence-electron chi connectivity index (χ2n) is 4.17. The van der Waals surface area contributed by atoms with Crippen LogP contribution in [0.25, 0.3) is 0 Å². The molecule has 0 unspecified atom stereocenters. The van der Waals surface area contributed by atoms with Crippen LogP contribution in [0.1, 0.15) is 12.0 Å². The van der Waals surface area contributed by atoms with Gasteiger partial charge in [0.15, 0.2) is 17.5 Å². The van der Waals surface area contributed by atoms with Crippen LogP contribution in [0.15, 0.2) is 6.07 Å². The first-order valence-corrected chi connectivity index (χ1v) is 5.76. The third kappa shape index (κ3) is 4.33. The minimum absolute atomic E-state index is 0.121. The molecule has 0 atom stereocenters. The molecule has 1 aromatic carbocycles. The van der Waals surface area contributed by atoms with Crippen LogP contribution in [0.4, 0.5) is 22.4 Å². The van der Waals surface area contributed by atoms with Gasteiger partial charge in [0.2, 0.25) is 0 Å². The van der Waals surface area contributed by atoms with E-state index in [1.54, 1.807) is 0 Å². The molecule has 0 radical (unpaired) electrons. The third-order valence-corrected chi connectivity index (χ3v) is 2.63. The first-order chi connectivity index (χ1) is 9.73. The van der Waals surface area contributed by atoms with Crippen molar-refractivity contribution in [2.24, 2.45) is 0 Å². The van der Waals surface area contributed by atoms with E-state index in [0.717, 1.165) is 4.90 Å². The van der Waals surface area contributed by atoms with Crippen LogP contribution in [0, 0.1) is 23.3 Å². The zero-order chi connectivity index (χ0) is 16.2. The molecule has 0 aliphatic heterocycles. The summed E-state index contributed by atoms with van der Waals surface area (Å²) >= 11 is 0. The van der Waals surface area contributed by atoms with Gasteiger partial charge in [-0.1, -0.05) is 0 Å². The number of benzene rings is 1. The van der Waals surface area contributed by atoms with E-state index in [1.807, 2.05) is 0 Å². The molecule has 2 N–H and O–H groups in total. The number of rotatable bonds is 5. The average molecular weight is 308 g/mol. The highest BCUT2D eigenvalue weighted by Crippen LogP contribution is 2.18. The van der Waals surface area contributed by atoms with E-state index in [0.29, 0.717) is 0 Å². The number of carboxylic acids is 1. The van der Waals surface area contributed by atoms with E-state index in [-0.39, 0.29) is 19.0 Å². The Morgan fingerprint density at radius 1 is 1.19 bits per heavy atom. The molecule has 2 amide bonds. The molecule has 0 spiro atoms. The van der Waals surface area contributed by atoms with Crippen molar-refractivity contribution < 1.29 is 32.3 Å². The van der Waals surface area contributed by atoms with Crippen LogP contribution in [-0.4, -0.2) is 35.6 Å². The van der Waals surface area contributed by atoms with Gasteiger partial charge in [0, 0.05) is 25.2 Å². The molecule has 0 saturated carbocycles. The summed E-state index contributed by atoms with van der Waals surface area (Å²) in [5, 5.41) is 10.5. The van der Waals surface area contributed by atoms with Crippen LogP contribution in [0.2, 0.25) is 0 Å². The van der Waals surface area contributed by atoms with Gasteiger partial charge in [-0.25, -0.2) is 22.4 Å². The lowest BCUT2D eigenvalue weighted by Gasteiger charge is -2.17. The molecule has 116 valence electrons. The quantitative estimate of drug-likeness (QED) is 0.495. The first kappa shape index (κ1) is 16.7. The van der Waals surface area contributed by atoms with Gasteiger partial charge in [-0.15, -0.1) is 0 Å². The number of halogens is 4. The summed E-state index contributed by atoms with van der Waals surface area (Å²) in [7, 11) is 1.27. The van der Waals surface area contributed by atoms with Crippen LogP contribution in [-0.2, 0) is 11.3 Å². The maximum absolute atomic E-state index is 13.3. The molecule has 0 aliphatic rings. The zero-order valence-corrected chi connectivity index (χ0v) is 10.9. The molecule has 21 heavy (non-hydrogen) atoms. The van der Waals surface area contributed by atoms with Crippen LogP contribution >= 0.6 is 0 Å². The number of urea groups is 1. The average Bonchev–Trinajstić information content (AvgIpc) is 2.41. The first-order valence-electron chi connectivity index (χ1n) is 5.76. The van der Waals surface area contributed by atoms with Crippen molar-refractivity contribution in [3.05, 3.63) is 34.9 Å². The Balaban J connectivity index is 2.69. The lowest BCUT2D eigenvalue weighted by atomic mass is 10.2. The number of carbonyl (C=O) groups is 2. The Hall–Kier alpha value is -2.32. The molecule has 0 saturated heterocycles. The summed E-state index contributed by atoms with van der Waals surface area (Å²) in [6, 6.07) is -0.631. The van der Waals surface area contributed by atoms with Crippen LogP contribution in [0.5, 0.6) is 0 Å². The van der Waals surface area contributed by atoms with E-state index in [9.17, 15) is 27.2 Å². The van der Waals surface area contributed by atoms with Crippen molar-refractivity contribution in [3.63, 3.8) is 0 Å². The van der Waals surface area contributed by atoms with Gasteiger partial charge >= 0.3 is 12.0 Å². The highest BCUT2D eigenvalue weighted by atomic mass is 19.2. The smallest absolute Gasteiger partial charge is 0.317 e. The molecule has 5 nitrogen and oxygen atoms in total. The monoisotopic (exact) mass is 308 g/mol. The van der Waals surface area contributed by atoms with Crippen LogP contribution in [0.3, 0.4) is 0 Å². The van der Waals surface area contributed by atoms with E-state index in [4.69, 9.17) is 5.11 Å². The van der Waals surface area contributed by atoms with Gasteiger partial charge < -0.3 is 15.3 Å². The normalized spacial score (nSPS) is 10.3. The summed E-state index contributed by atoms with van der Waals surface area (Å²) in [5.41, 5.74) is -0.825. The summed E-state index contributed by atoms with van der Waals surface area (Å²) < 4.78 is 52.3. The number of aliphatic carboxylic acids is 1. The highest BCUT2D eigenvalue weighted by molar-refractivity contribution is 5.75. The summed E-state index contributed by atoms with van der Waals surface area (Å²) in [5.74, 6) is -7.67. The SMILES string of the molecule is CN(CCC(=O)O)C(=O)NCc1c(F)cc(F)c(F)c1F. The van der Waals surface area contributed by atoms with Crippen LogP contribution < -0.4 is 5.32 Å². The van der Waals surface area contributed by atoms with Crippen molar-refractivity contribution >= 4 is 12.0 Å². The zero-order valence-electron chi connectivity index (χ0n) is 10.9. The predicted octanol–water partition coefficient (Wildman–Crippen LogP) is 1.86. The number of carbonyl (C=O) groups excluding carboxylic acids is 1. The second kappa shape index (κ2) is 6.91. The molecule has 1 rings (SSSR count). The Bertz CT molecular complexity index is 566. The van der Waals surface area contributed by atoms with Gasteiger partial charge in [0.25, 0.3) is 0 Å². The maximum atomic E-state index is 13.3. The Morgan fingerprint density at radius 2 is 1.81 bits per heavy atom. The van der Waals surface area contributed by atoms with Crippen molar-refractivity contribution in [1.82, 2.24) is 10.2 Å². The lowest BCUT2D eigenvalue weighted by molar-refractivity contribution is -0.137. The van der Waals surface area contributed by atoms with Gasteiger partial charge in [0.05, 0.1) is 13.0 Å². The number of hydrogen-bond donors (Lipinski definition) is 2. The maximum Gasteiger partial charge on any atom is 0.317 e. The molecule has 0 bridgehead atoms. The number of amides is 2. The standard InChI is InChI=1S/C12H12F4N2O3/c1-18(3-2-9(19)20)12(21)17-5-6-7(13)4-8(14)11(16)10(6)15/h4H,2-3,5H2,1H3,(H,17,21)(H,19,20). The topological polar surface area (TPSA) is 69.6 Å². The van der Waals surface area contributed by atoms with Gasteiger partial charge in [-0.3, -0.25) is 4.79 Å². The Labute approximate surface area is 117 Å². The molecule has 1 aromatic rings. The lowest BCUT2D eigenvalue weighted by Crippen LogP contribution is -2.38. The molecular weight excluding hydrogens is 296 g/mol. The molecule has 0 aromatic heterocycles. The van der Waals surface area contributed by atoms with Crippen molar-refractivity contribution in [2.45, 2.75) is 13.0 Å². The number of nitrogens with zero attached hydrogens (tertiary/aromatic N) is 1. The number of nitrogens with one attached hydrogen (secondary N) is 1. The Kier molecular flexibility index (Phi) is 5.51. The van der Waals surface area contributed by atoms with Gasteiger partial charge in [-0.05, 0) is 0 Å². The predicted molar refractivity (Wildman–Crippen MR) is 63.4 cm³/mol. The molecule has 0 aliphatic carbocycles. The van der Waals surface area contributed by atoms with Crippen molar-refractivity contribution in [3.8, 4) is 0 Å². The largest absolute Gasteiger partial charge is 0.481 e. The molecule has 9 heteroatoms. The fraction of sp³-hybridized carbons (Fsp3) is 0.333. The van der Waals surface area contributed by atoms with Crippen molar-refractivity contribution in [2.75, 3.05) is 13.6 Å². The Morgan fingerprint density at radius 3 is 2.38 bits per heavy atom. The van der Waals surface area contributed by atoms with Crippen molar-refractivity contribution in [1.29, 1.82) is 0 Å². The molecule has 0 heterocycles. The fourth-order valence-electron chi connectivity index (χ4n) is 1.43. The van der Waals surface area contributed by atoms with E-state index < -0.39 is 47.4 Å². The van der Waals surface area contributed by atoms with Gasteiger partial charge in [0.1, 0.15) is 5.82 Å². The molecule has 0 fully saturated rings. The highest BCUT2D eigenvalue weighted by Gasteiger charge is 2.20. The summed E-state index contributed by atoms with van der Waals surface area (Å²) in [6.45, 7) is -0.824. The summed E-state index contributed by atoms with van der Waals surface area (Å²) in [6.07, 6.45) is -0.308. The number of hydrogen-bond acceptors (Lipinski definition) is 2. The summed E-state index contributed by atoms with van der Waals surface area (Å²) in [4.78, 5) is 22.8. The minimum atomic E-state index is -1.83.